The number of hydrogen-bond acceptors (Lipinski definition) is 5. The van der Waals surface area contributed by atoms with Crippen LogP contribution in [-0.4, -0.2) is 10.8 Å². The summed E-state index contributed by atoms with van der Waals surface area (Å²) in [5.41, 5.74) is 6.91. The molecule has 29 heavy (non-hydrogen) atoms. The Morgan fingerprint density at radius 2 is 1.72 bits per heavy atom. The molecule has 0 aliphatic rings. The summed E-state index contributed by atoms with van der Waals surface area (Å²) in [5, 5.41) is 16.3. The molecule has 0 atom stereocenters. The van der Waals surface area contributed by atoms with E-state index in [-0.39, 0.29) is 35.2 Å². The van der Waals surface area contributed by atoms with E-state index in [1.807, 2.05) is 0 Å². The first-order chi connectivity index (χ1) is 13.9. The van der Waals surface area contributed by atoms with Crippen LogP contribution in [0.3, 0.4) is 0 Å². The first kappa shape index (κ1) is 22.1. The Labute approximate surface area is 169 Å². The van der Waals surface area contributed by atoms with Gasteiger partial charge in [-0.05, 0) is 24.1 Å². The number of nitro benzene ring substituents is 1. The third kappa shape index (κ3) is 6.74. The zero-order valence-electron chi connectivity index (χ0n) is 16.5. The summed E-state index contributed by atoms with van der Waals surface area (Å²) in [6.45, 7) is 2.41. The molecule has 0 radical (unpaired) electrons. The van der Waals surface area contributed by atoms with Gasteiger partial charge in [-0.1, -0.05) is 44.7 Å². The third-order valence-corrected chi connectivity index (χ3v) is 4.59. The molecule has 156 valence electrons. The van der Waals surface area contributed by atoms with Crippen molar-refractivity contribution in [3.8, 4) is 0 Å². The zero-order chi connectivity index (χ0) is 21.2. The quantitative estimate of drug-likeness (QED) is 0.206. The number of unbranched alkanes of at least 4 members (excludes halogenated alkanes) is 4. The zero-order valence-corrected chi connectivity index (χ0v) is 16.5. The topological polar surface area (TPSA) is 110 Å². The molecule has 8 heteroatoms. The lowest BCUT2D eigenvalue weighted by Crippen LogP contribution is -2.14. The molecule has 0 spiro atoms. The van der Waals surface area contributed by atoms with E-state index in [1.54, 1.807) is 18.2 Å². The highest BCUT2D eigenvalue weighted by Crippen LogP contribution is 2.28. The highest BCUT2D eigenvalue weighted by molar-refractivity contribution is 5.94. The van der Waals surface area contributed by atoms with Crippen LogP contribution in [0.2, 0.25) is 0 Å². The van der Waals surface area contributed by atoms with Crippen molar-refractivity contribution in [3.05, 3.63) is 57.9 Å². The van der Waals surface area contributed by atoms with E-state index in [2.05, 4.69) is 17.6 Å². The summed E-state index contributed by atoms with van der Waals surface area (Å²) < 4.78 is 14.5. The maximum atomic E-state index is 14.5. The van der Waals surface area contributed by atoms with Gasteiger partial charge in [0.2, 0.25) is 5.91 Å². The van der Waals surface area contributed by atoms with Gasteiger partial charge in [-0.2, -0.15) is 0 Å². The van der Waals surface area contributed by atoms with Crippen LogP contribution in [0.1, 0.15) is 51.0 Å². The molecule has 0 aromatic heterocycles. The number of carbonyl (C=O) groups is 1. The standard InChI is InChI=1S/C21H27FN4O3/c1-2-3-4-5-6-7-19(27)25-18-13-12-17(20(22)21(18)23)24-14-15-8-10-16(11-9-15)26(28)29/h8-13,24H,2-7,14,23H2,1H3,(H,25,27). The number of rotatable bonds is 11. The number of nitrogens with zero attached hydrogens (tertiary/aromatic N) is 1. The molecule has 1 amide bonds. The van der Waals surface area contributed by atoms with Gasteiger partial charge in [0, 0.05) is 25.1 Å². The number of nitrogens with one attached hydrogen (secondary N) is 2. The van der Waals surface area contributed by atoms with Crippen molar-refractivity contribution < 1.29 is 14.1 Å². The molecular weight excluding hydrogens is 375 g/mol. The average Bonchev–Trinajstić information content (AvgIpc) is 2.71. The SMILES string of the molecule is CCCCCCCC(=O)Nc1ccc(NCc2ccc([N+](=O)[O-])cc2)c(F)c1N. The second kappa shape index (κ2) is 11.0. The van der Waals surface area contributed by atoms with Crippen molar-refractivity contribution >= 4 is 28.7 Å². The number of amides is 1. The third-order valence-electron chi connectivity index (χ3n) is 4.59. The highest BCUT2D eigenvalue weighted by atomic mass is 19.1. The molecule has 0 aliphatic heterocycles. The van der Waals surface area contributed by atoms with Crippen LogP contribution in [0.15, 0.2) is 36.4 Å². The fourth-order valence-electron chi connectivity index (χ4n) is 2.87. The summed E-state index contributed by atoms with van der Waals surface area (Å²) in [6.07, 6.45) is 5.58. The summed E-state index contributed by atoms with van der Waals surface area (Å²) in [4.78, 5) is 22.2. The molecule has 0 fully saturated rings. The molecular formula is C21H27FN4O3. The van der Waals surface area contributed by atoms with Crippen LogP contribution in [0.4, 0.5) is 27.1 Å². The smallest absolute Gasteiger partial charge is 0.269 e. The van der Waals surface area contributed by atoms with Gasteiger partial charge in [-0.3, -0.25) is 14.9 Å². The molecule has 7 nitrogen and oxygen atoms in total. The van der Waals surface area contributed by atoms with Gasteiger partial charge in [0.15, 0.2) is 5.82 Å². The van der Waals surface area contributed by atoms with Gasteiger partial charge < -0.3 is 16.4 Å². The van der Waals surface area contributed by atoms with E-state index < -0.39 is 10.7 Å². The van der Waals surface area contributed by atoms with Crippen LogP contribution < -0.4 is 16.4 Å². The van der Waals surface area contributed by atoms with Crippen LogP contribution in [0.25, 0.3) is 0 Å². The number of hydrogen-bond donors (Lipinski definition) is 3. The van der Waals surface area contributed by atoms with Gasteiger partial charge in [0.05, 0.1) is 22.0 Å². The maximum absolute atomic E-state index is 14.5. The van der Waals surface area contributed by atoms with E-state index in [1.165, 1.54) is 18.2 Å². The Bertz CT molecular complexity index is 841. The van der Waals surface area contributed by atoms with Crippen molar-refractivity contribution in [1.29, 1.82) is 0 Å². The lowest BCUT2D eigenvalue weighted by atomic mass is 10.1. The monoisotopic (exact) mass is 402 g/mol. The number of carbonyl (C=O) groups excluding carboxylic acids is 1. The Balaban J connectivity index is 1.91. The number of non-ortho nitro benzene ring substituents is 1. The average molecular weight is 402 g/mol. The highest BCUT2D eigenvalue weighted by Gasteiger charge is 2.13. The van der Waals surface area contributed by atoms with E-state index in [9.17, 15) is 19.3 Å². The van der Waals surface area contributed by atoms with Gasteiger partial charge in [-0.25, -0.2) is 4.39 Å². The molecule has 2 aromatic rings. The second-order valence-corrected chi connectivity index (χ2v) is 6.88. The van der Waals surface area contributed by atoms with Gasteiger partial charge in [-0.15, -0.1) is 0 Å². The maximum Gasteiger partial charge on any atom is 0.269 e. The van der Waals surface area contributed by atoms with Gasteiger partial charge >= 0.3 is 0 Å². The van der Waals surface area contributed by atoms with Crippen molar-refractivity contribution in [2.75, 3.05) is 16.4 Å². The van der Waals surface area contributed by atoms with E-state index in [0.29, 0.717) is 6.42 Å². The molecule has 0 saturated carbocycles. The number of anilines is 3. The van der Waals surface area contributed by atoms with Crippen molar-refractivity contribution in [1.82, 2.24) is 0 Å². The molecule has 0 unspecified atom stereocenters. The first-order valence-corrected chi connectivity index (χ1v) is 9.77. The predicted molar refractivity (Wildman–Crippen MR) is 113 cm³/mol. The first-order valence-electron chi connectivity index (χ1n) is 9.77. The largest absolute Gasteiger partial charge is 0.395 e. The van der Waals surface area contributed by atoms with Crippen LogP contribution in [-0.2, 0) is 11.3 Å². The number of nitrogens with two attached hydrogens (primary N) is 1. The number of halogens is 1. The Hall–Kier alpha value is -3.16. The number of nitrogen functional groups attached to an aromatic ring is 1. The molecule has 4 N–H and O–H groups in total. The molecule has 0 aliphatic carbocycles. The Morgan fingerprint density at radius 3 is 2.38 bits per heavy atom. The van der Waals surface area contributed by atoms with E-state index in [0.717, 1.165) is 37.7 Å². The Morgan fingerprint density at radius 1 is 1.07 bits per heavy atom. The summed E-state index contributed by atoms with van der Waals surface area (Å²) in [5.74, 6) is -0.827. The van der Waals surface area contributed by atoms with Gasteiger partial charge in [0.25, 0.3) is 5.69 Å². The molecule has 0 saturated heterocycles. The number of nitro groups is 1. The molecule has 0 heterocycles. The molecule has 2 rings (SSSR count). The normalized spacial score (nSPS) is 10.6. The Kier molecular flexibility index (Phi) is 8.39. The summed E-state index contributed by atoms with van der Waals surface area (Å²) in [7, 11) is 0. The minimum absolute atomic E-state index is 0.00497. The predicted octanol–water partition coefficient (Wildman–Crippen LogP) is 5.23. The van der Waals surface area contributed by atoms with E-state index in [4.69, 9.17) is 5.73 Å². The van der Waals surface area contributed by atoms with Gasteiger partial charge in [0.1, 0.15) is 0 Å². The summed E-state index contributed by atoms with van der Waals surface area (Å²) >= 11 is 0. The lowest BCUT2D eigenvalue weighted by Gasteiger charge is -2.13. The van der Waals surface area contributed by atoms with Crippen LogP contribution in [0, 0.1) is 15.9 Å². The van der Waals surface area contributed by atoms with Crippen molar-refractivity contribution in [3.63, 3.8) is 0 Å². The fourth-order valence-corrected chi connectivity index (χ4v) is 2.87. The van der Waals surface area contributed by atoms with Crippen LogP contribution >= 0.6 is 0 Å². The van der Waals surface area contributed by atoms with Crippen LogP contribution in [0.5, 0.6) is 0 Å². The molecule has 2 aromatic carbocycles. The van der Waals surface area contributed by atoms with E-state index >= 15 is 0 Å². The molecule has 0 bridgehead atoms. The minimum Gasteiger partial charge on any atom is -0.395 e. The van der Waals surface area contributed by atoms with Crippen molar-refractivity contribution in [2.24, 2.45) is 0 Å². The fraction of sp³-hybridized carbons (Fsp3) is 0.381. The second-order valence-electron chi connectivity index (χ2n) is 6.88. The minimum atomic E-state index is -0.646. The lowest BCUT2D eigenvalue weighted by molar-refractivity contribution is -0.384. The van der Waals surface area contributed by atoms with Crippen molar-refractivity contribution in [2.45, 2.75) is 52.0 Å². The number of benzene rings is 2. The summed E-state index contributed by atoms with van der Waals surface area (Å²) in [6, 6.07) is 9.05.